The Morgan fingerprint density at radius 1 is 1.27 bits per heavy atom. The van der Waals surface area contributed by atoms with Gasteiger partial charge < -0.3 is 11.1 Å². The summed E-state index contributed by atoms with van der Waals surface area (Å²) in [5, 5.41) is 2.84. The van der Waals surface area contributed by atoms with Gasteiger partial charge >= 0.3 is 0 Å². The molecular formula is C11H16N2OS. The lowest BCUT2D eigenvalue weighted by molar-refractivity contribution is -0.115. The van der Waals surface area contributed by atoms with Gasteiger partial charge in [-0.1, -0.05) is 18.2 Å². The Balaban J connectivity index is 2.19. The smallest absolute Gasteiger partial charge is 0.225 e. The van der Waals surface area contributed by atoms with Gasteiger partial charge in [0.1, 0.15) is 0 Å². The van der Waals surface area contributed by atoms with E-state index in [1.165, 1.54) is 0 Å². The summed E-state index contributed by atoms with van der Waals surface area (Å²) in [5.74, 6) is 1.81. The van der Waals surface area contributed by atoms with Gasteiger partial charge in [0.05, 0.1) is 0 Å². The summed E-state index contributed by atoms with van der Waals surface area (Å²) in [6.07, 6.45) is 0.541. The van der Waals surface area contributed by atoms with Crippen molar-refractivity contribution in [1.29, 1.82) is 0 Å². The summed E-state index contributed by atoms with van der Waals surface area (Å²) in [4.78, 5) is 11.4. The number of hydrogen-bond donors (Lipinski definition) is 2. The first kappa shape index (κ1) is 12.1. The van der Waals surface area contributed by atoms with Crippen LogP contribution < -0.4 is 11.1 Å². The molecule has 1 aromatic carbocycles. The minimum Gasteiger partial charge on any atom is -0.330 e. The molecule has 0 aromatic heterocycles. The third-order valence-corrected chi connectivity index (χ3v) is 2.81. The Labute approximate surface area is 94.4 Å². The molecule has 0 fully saturated rings. The maximum Gasteiger partial charge on any atom is 0.225 e. The molecule has 0 atom stereocenters. The van der Waals surface area contributed by atoms with E-state index in [4.69, 9.17) is 5.73 Å². The van der Waals surface area contributed by atoms with E-state index in [1.807, 2.05) is 30.3 Å². The predicted octanol–water partition coefficient (Wildman–Crippen LogP) is 1.71. The van der Waals surface area contributed by atoms with Crippen molar-refractivity contribution in [1.82, 2.24) is 0 Å². The minimum absolute atomic E-state index is 0.0609. The standard InChI is InChI=1S/C11H16N2OS/c12-7-9-15-8-6-11(14)13-10-4-2-1-3-5-10/h1-5H,6-9,12H2,(H,13,14). The topological polar surface area (TPSA) is 55.1 Å². The number of para-hydroxylation sites is 1. The summed E-state index contributed by atoms with van der Waals surface area (Å²) < 4.78 is 0. The fraction of sp³-hybridized carbons (Fsp3) is 0.364. The van der Waals surface area contributed by atoms with Crippen molar-refractivity contribution in [3.63, 3.8) is 0 Å². The van der Waals surface area contributed by atoms with E-state index < -0.39 is 0 Å². The molecule has 1 amide bonds. The van der Waals surface area contributed by atoms with Crippen molar-refractivity contribution in [2.24, 2.45) is 5.73 Å². The SMILES string of the molecule is NCCSCCC(=O)Nc1ccccc1. The van der Waals surface area contributed by atoms with Crippen LogP contribution in [0.2, 0.25) is 0 Å². The maximum atomic E-state index is 11.4. The van der Waals surface area contributed by atoms with E-state index in [0.717, 1.165) is 17.2 Å². The van der Waals surface area contributed by atoms with Crippen molar-refractivity contribution in [3.05, 3.63) is 30.3 Å². The first-order chi connectivity index (χ1) is 7.33. The van der Waals surface area contributed by atoms with E-state index in [-0.39, 0.29) is 5.91 Å². The van der Waals surface area contributed by atoms with Crippen molar-refractivity contribution in [2.45, 2.75) is 6.42 Å². The van der Waals surface area contributed by atoms with Gasteiger partial charge in [0.15, 0.2) is 0 Å². The quantitative estimate of drug-likeness (QED) is 0.723. The summed E-state index contributed by atoms with van der Waals surface area (Å²) in [5.41, 5.74) is 6.20. The molecule has 0 heterocycles. The molecule has 3 nitrogen and oxygen atoms in total. The number of benzene rings is 1. The molecule has 0 radical (unpaired) electrons. The highest BCUT2D eigenvalue weighted by Crippen LogP contribution is 2.07. The van der Waals surface area contributed by atoms with Crippen LogP contribution in [0.15, 0.2) is 30.3 Å². The van der Waals surface area contributed by atoms with E-state index >= 15 is 0 Å². The third-order valence-electron chi connectivity index (χ3n) is 1.79. The molecule has 0 saturated heterocycles. The lowest BCUT2D eigenvalue weighted by Gasteiger charge is -2.04. The van der Waals surface area contributed by atoms with Crippen molar-refractivity contribution < 1.29 is 4.79 Å². The zero-order valence-corrected chi connectivity index (χ0v) is 9.43. The van der Waals surface area contributed by atoms with Gasteiger partial charge in [0.2, 0.25) is 5.91 Å². The first-order valence-electron chi connectivity index (χ1n) is 4.95. The Morgan fingerprint density at radius 2 is 2.00 bits per heavy atom. The molecule has 0 unspecified atom stereocenters. The number of rotatable bonds is 6. The molecule has 4 heteroatoms. The molecule has 1 aromatic rings. The van der Waals surface area contributed by atoms with Gasteiger partial charge in [-0.3, -0.25) is 4.79 Å². The summed E-state index contributed by atoms with van der Waals surface area (Å²) >= 11 is 1.71. The van der Waals surface area contributed by atoms with Crippen LogP contribution in [0.3, 0.4) is 0 Å². The highest BCUT2D eigenvalue weighted by Gasteiger charge is 2.00. The average Bonchev–Trinajstić information content (AvgIpc) is 2.26. The summed E-state index contributed by atoms with van der Waals surface area (Å²) in [7, 11) is 0. The average molecular weight is 224 g/mol. The number of nitrogens with one attached hydrogen (secondary N) is 1. The van der Waals surface area contributed by atoms with Crippen LogP contribution in [-0.4, -0.2) is 24.0 Å². The Morgan fingerprint density at radius 3 is 2.67 bits per heavy atom. The normalized spacial score (nSPS) is 9.93. The number of carbonyl (C=O) groups excluding carboxylic acids is 1. The van der Waals surface area contributed by atoms with Crippen molar-refractivity contribution in [3.8, 4) is 0 Å². The van der Waals surface area contributed by atoms with Gasteiger partial charge in [-0.15, -0.1) is 0 Å². The van der Waals surface area contributed by atoms with Gasteiger partial charge in [-0.2, -0.15) is 11.8 Å². The highest BCUT2D eigenvalue weighted by atomic mass is 32.2. The van der Waals surface area contributed by atoms with Crippen LogP contribution in [0.5, 0.6) is 0 Å². The molecule has 0 saturated carbocycles. The fourth-order valence-corrected chi connectivity index (χ4v) is 1.80. The monoisotopic (exact) mass is 224 g/mol. The number of thioether (sulfide) groups is 1. The molecule has 3 N–H and O–H groups in total. The molecule has 15 heavy (non-hydrogen) atoms. The molecule has 1 rings (SSSR count). The molecule has 0 aliphatic rings. The van der Waals surface area contributed by atoms with Gasteiger partial charge in [-0.25, -0.2) is 0 Å². The zero-order chi connectivity index (χ0) is 10.9. The van der Waals surface area contributed by atoms with Crippen molar-refractivity contribution in [2.75, 3.05) is 23.4 Å². The van der Waals surface area contributed by atoms with Crippen molar-refractivity contribution >= 4 is 23.4 Å². The van der Waals surface area contributed by atoms with E-state index in [1.54, 1.807) is 11.8 Å². The largest absolute Gasteiger partial charge is 0.330 e. The fourth-order valence-electron chi connectivity index (χ4n) is 1.10. The van der Waals surface area contributed by atoms with E-state index in [0.29, 0.717) is 13.0 Å². The Bertz CT molecular complexity index is 290. The molecule has 0 aliphatic heterocycles. The second-order valence-electron chi connectivity index (χ2n) is 3.07. The maximum absolute atomic E-state index is 11.4. The highest BCUT2D eigenvalue weighted by molar-refractivity contribution is 7.99. The molecule has 0 spiro atoms. The lowest BCUT2D eigenvalue weighted by atomic mass is 10.3. The second-order valence-corrected chi connectivity index (χ2v) is 4.29. The summed E-state index contributed by atoms with van der Waals surface area (Å²) in [6.45, 7) is 0.672. The zero-order valence-electron chi connectivity index (χ0n) is 8.61. The van der Waals surface area contributed by atoms with Crippen LogP contribution in [0.25, 0.3) is 0 Å². The molecule has 0 aliphatic carbocycles. The third kappa shape index (κ3) is 5.44. The minimum atomic E-state index is 0.0609. The number of anilines is 1. The Hall–Kier alpha value is -1.00. The number of nitrogens with two attached hydrogens (primary N) is 1. The number of amides is 1. The van der Waals surface area contributed by atoms with Gasteiger partial charge in [0.25, 0.3) is 0 Å². The molecule has 82 valence electrons. The number of carbonyl (C=O) groups is 1. The number of hydrogen-bond acceptors (Lipinski definition) is 3. The van der Waals surface area contributed by atoms with Gasteiger partial charge in [0, 0.05) is 30.2 Å². The lowest BCUT2D eigenvalue weighted by Crippen LogP contribution is -2.12. The molecule has 0 bridgehead atoms. The van der Waals surface area contributed by atoms with Crippen LogP contribution in [0.1, 0.15) is 6.42 Å². The second kappa shape index (κ2) is 7.31. The van der Waals surface area contributed by atoms with Crippen LogP contribution >= 0.6 is 11.8 Å². The molecular weight excluding hydrogens is 208 g/mol. The first-order valence-corrected chi connectivity index (χ1v) is 6.11. The van der Waals surface area contributed by atoms with Crippen LogP contribution in [0.4, 0.5) is 5.69 Å². The van der Waals surface area contributed by atoms with Gasteiger partial charge in [-0.05, 0) is 12.1 Å². The van der Waals surface area contributed by atoms with E-state index in [2.05, 4.69) is 5.32 Å². The van der Waals surface area contributed by atoms with Crippen LogP contribution in [0, 0.1) is 0 Å². The van der Waals surface area contributed by atoms with Crippen LogP contribution in [-0.2, 0) is 4.79 Å². The summed E-state index contributed by atoms with van der Waals surface area (Å²) in [6, 6.07) is 9.49. The van der Waals surface area contributed by atoms with E-state index in [9.17, 15) is 4.79 Å². The Kier molecular flexibility index (Phi) is 5.88. The predicted molar refractivity (Wildman–Crippen MR) is 66.1 cm³/mol.